The molecule has 4 N–H and O–H groups in total. The Morgan fingerprint density at radius 2 is 1.25 bits per heavy atom. The van der Waals surface area contributed by atoms with E-state index in [1.807, 2.05) is 0 Å². The van der Waals surface area contributed by atoms with Crippen molar-refractivity contribution in [3.63, 3.8) is 0 Å². The second kappa shape index (κ2) is 8.18. The Bertz CT molecular complexity index is 1250. The molecule has 0 atom stereocenters. The topological polar surface area (TPSA) is 140 Å². The molecule has 0 aliphatic heterocycles. The van der Waals surface area contributed by atoms with Gasteiger partial charge in [0.25, 0.3) is 0 Å². The minimum absolute atomic E-state index is 0.336. The van der Waals surface area contributed by atoms with Gasteiger partial charge in [0.05, 0.1) is 0 Å². The van der Waals surface area contributed by atoms with Crippen LogP contribution in [0.3, 0.4) is 0 Å². The van der Waals surface area contributed by atoms with Gasteiger partial charge in [-0.15, -0.1) is 0 Å². The van der Waals surface area contributed by atoms with Crippen molar-refractivity contribution in [1.29, 1.82) is 0 Å². The summed E-state index contributed by atoms with van der Waals surface area (Å²) in [6, 6.07) is 18.0. The van der Waals surface area contributed by atoms with Gasteiger partial charge in [0, 0.05) is 0 Å². The van der Waals surface area contributed by atoms with E-state index in [0.717, 1.165) is 6.07 Å². The van der Waals surface area contributed by atoms with Crippen LogP contribution in [0.25, 0.3) is 0 Å². The van der Waals surface area contributed by atoms with Gasteiger partial charge in [0.2, 0.25) is 0 Å². The molecule has 0 heterocycles. The maximum atomic E-state index is 12.6. The molecule has 142 valence electrons. The number of hydrogen-bond acceptors (Lipinski definition) is 7. The van der Waals surface area contributed by atoms with Crippen molar-refractivity contribution in [1.82, 2.24) is 0 Å². The van der Waals surface area contributed by atoms with Gasteiger partial charge in [-0.3, -0.25) is 0 Å². The summed E-state index contributed by atoms with van der Waals surface area (Å²) in [4.78, 5) is 25.0. The summed E-state index contributed by atoms with van der Waals surface area (Å²) in [6.45, 7) is 0. The molecule has 0 aromatic heterocycles. The van der Waals surface area contributed by atoms with Crippen LogP contribution in [0.4, 0.5) is 11.4 Å². The van der Waals surface area contributed by atoms with Crippen LogP contribution in [-0.2, 0) is 3.74 Å². The van der Waals surface area contributed by atoms with Gasteiger partial charge in [-0.2, -0.15) is 0 Å². The fourth-order valence-electron chi connectivity index (χ4n) is 2.28. The van der Waals surface area contributed by atoms with Crippen LogP contribution < -0.4 is 36.8 Å². The molecular weight excluding hydrogens is 427 g/mol. The maximum absolute atomic E-state index is 12.6. The second-order valence-electron chi connectivity index (χ2n) is 5.64. The van der Waals surface area contributed by atoms with Crippen molar-refractivity contribution in [3.05, 3.63) is 97.9 Å². The first-order valence-corrected chi connectivity index (χ1v) is 11.4. The Labute approximate surface area is 161 Å². The molecule has 0 saturated carbocycles. The normalized spacial score (nSPS) is 12.8. The molecule has 0 radical (unpaired) electrons. The van der Waals surface area contributed by atoms with E-state index in [1.165, 1.54) is 0 Å². The fraction of sp³-hybridized carbons (Fsp3) is 0. The van der Waals surface area contributed by atoms with Crippen molar-refractivity contribution >= 4 is 29.9 Å². The molecule has 0 fully saturated rings. The van der Waals surface area contributed by atoms with Gasteiger partial charge >= 0.3 is 161 Å². The molecule has 10 heteroatoms. The third-order valence-corrected chi connectivity index (χ3v) is 5.65. The van der Waals surface area contributed by atoms with E-state index in [1.54, 1.807) is 60.7 Å². The van der Waals surface area contributed by atoms with E-state index >= 15 is 0 Å². The third kappa shape index (κ3) is 4.52. The van der Waals surface area contributed by atoms with Gasteiger partial charge in [-0.1, -0.05) is 0 Å². The molecular formula is C18H15AsN4O5. The van der Waals surface area contributed by atoms with E-state index in [-0.39, 0.29) is 5.36 Å². The molecule has 0 aliphatic carbocycles. The predicted molar refractivity (Wildman–Crippen MR) is 103 cm³/mol. The molecule has 28 heavy (non-hydrogen) atoms. The van der Waals surface area contributed by atoms with Crippen LogP contribution in [0.15, 0.2) is 86.5 Å². The first-order valence-electron chi connectivity index (χ1n) is 8.01. The van der Waals surface area contributed by atoms with Crippen LogP contribution in [-0.4, -0.2) is 22.4 Å². The fourth-order valence-corrected chi connectivity index (χ4v) is 3.66. The summed E-state index contributed by atoms with van der Waals surface area (Å²) in [5, 5.41) is 6.66. The predicted octanol–water partition coefficient (Wildman–Crippen LogP) is -1.30. The number of anilines is 2. The monoisotopic (exact) mass is 442 g/mol. The van der Waals surface area contributed by atoms with Gasteiger partial charge in [0.15, 0.2) is 0 Å². The van der Waals surface area contributed by atoms with Crippen LogP contribution in [0.1, 0.15) is 0 Å². The standard InChI is InChI=1S/C18H15AsN4O5/c24-17-14(19(26,27)28)11-15(22-20-12-7-3-1-4-8-12)18(25)16(17)23-21-13-9-5-2-6-10-13/h1-11,20-21H,(H2,26,27,28). The van der Waals surface area contributed by atoms with Crippen LogP contribution >= 0.6 is 0 Å². The van der Waals surface area contributed by atoms with Crippen molar-refractivity contribution in [2.24, 2.45) is 10.2 Å². The van der Waals surface area contributed by atoms with Gasteiger partial charge in [-0.05, 0) is 0 Å². The number of benzene rings is 3. The Morgan fingerprint density at radius 1 is 0.750 bits per heavy atom. The Hall–Kier alpha value is -3.26. The van der Waals surface area contributed by atoms with Gasteiger partial charge in [0.1, 0.15) is 0 Å². The molecule has 0 unspecified atom stereocenters. The number of hydrogen-bond donors (Lipinski definition) is 4. The Balaban J connectivity index is 2.17. The quantitative estimate of drug-likeness (QED) is 0.284. The molecule has 0 aliphatic rings. The van der Waals surface area contributed by atoms with E-state index in [4.69, 9.17) is 0 Å². The van der Waals surface area contributed by atoms with Crippen molar-refractivity contribution < 1.29 is 11.9 Å². The number of para-hydroxylation sites is 2. The first kappa shape index (κ1) is 19.5. The molecule has 0 amide bonds. The van der Waals surface area contributed by atoms with Gasteiger partial charge < -0.3 is 0 Å². The number of rotatable bonds is 5. The SMILES string of the molecule is O=c1c([As](=O)(O)O)cc(=NNc2ccccc2)c(=O)c1=NNc1ccccc1. The Morgan fingerprint density at radius 3 is 1.75 bits per heavy atom. The van der Waals surface area contributed by atoms with Crippen molar-refractivity contribution in [2.45, 2.75) is 0 Å². The zero-order chi connectivity index (χ0) is 20.1. The second-order valence-corrected chi connectivity index (χ2v) is 8.94. The number of nitrogens with one attached hydrogen (secondary N) is 2. The molecule has 0 bridgehead atoms. The molecule has 3 rings (SSSR count). The molecule has 0 spiro atoms. The molecule has 9 nitrogen and oxygen atoms in total. The average molecular weight is 442 g/mol. The van der Waals surface area contributed by atoms with Crippen LogP contribution in [0.5, 0.6) is 0 Å². The van der Waals surface area contributed by atoms with E-state index < -0.39 is 34.7 Å². The molecule has 3 aromatic rings. The summed E-state index contributed by atoms with van der Waals surface area (Å²) in [5.74, 6) is 0. The summed E-state index contributed by atoms with van der Waals surface area (Å²) in [5.41, 5.74) is 4.22. The molecule has 3 aromatic carbocycles. The zero-order valence-electron chi connectivity index (χ0n) is 14.3. The van der Waals surface area contributed by atoms with Crippen LogP contribution in [0.2, 0.25) is 0 Å². The summed E-state index contributed by atoms with van der Waals surface area (Å²) in [6.07, 6.45) is 0. The average Bonchev–Trinajstić information content (AvgIpc) is 2.68. The minimum atomic E-state index is -5.62. The number of nitrogens with zero attached hydrogens (tertiary/aromatic N) is 2. The van der Waals surface area contributed by atoms with E-state index in [9.17, 15) is 21.5 Å². The first-order chi connectivity index (χ1) is 13.4. The zero-order valence-corrected chi connectivity index (χ0v) is 16.2. The Kier molecular flexibility index (Phi) is 5.70. The summed E-state index contributed by atoms with van der Waals surface area (Å²) >= 11 is -5.62. The van der Waals surface area contributed by atoms with Crippen molar-refractivity contribution in [2.75, 3.05) is 10.9 Å². The molecule has 0 saturated heterocycles. The van der Waals surface area contributed by atoms with E-state index in [0.29, 0.717) is 11.4 Å². The van der Waals surface area contributed by atoms with Crippen molar-refractivity contribution in [3.8, 4) is 0 Å². The third-order valence-electron chi connectivity index (χ3n) is 3.63. The summed E-state index contributed by atoms with van der Waals surface area (Å²) < 4.78 is 30.0. The van der Waals surface area contributed by atoms with Crippen LogP contribution in [0, 0.1) is 0 Å². The van der Waals surface area contributed by atoms with Gasteiger partial charge in [-0.25, -0.2) is 0 Å². The summed E-state index contributed by atoms with van der Waals surface area (Å²) in [7, 11) is 0. The van der Waals surface area contributed by atoms with E-state index in [2.05, 4.69) is 21.1 Å².